The van der Waals surface area contributed by atoms with Crippen molar-refractivity contribution >= 4 is 29.1 Å². The topological polar surface area (TPSA) is 46.3 Å². The van der Waals surface area contributed by atoms with Crippen molar-refractivity contribution in [3.63, 3.8) is 0 Å². The average molecular weight is 315 g/mol. The molecule has 1 saturated heterocycles. The van der Waals surface area contributed by atoms with Crippen LogP contribution in [0, 0.1) is 5.92 Å². The highest BCUT2D eigenvalue weighted by Gasteiger charge is 2.24. The van der Waals surface area contributed by atoms with Crippen molar-refractivity contribution < 1.29 is 4.79 Å². The maximum Gasteiger partial charge on any atom is 0.239 e. The van der Waals surface area contributed by atoms with Crippen LogP contribution in [0.5, 0.6) is 0 Å². The van der Waals surface area contributed by atoms with Crippen LogP contribution in [-0.4, -0.2) is 29.9 Å². The van der Waals surface area contributed by atoms with E-state index in [4.69, 9.17) is 28.9 Å². The average Bonchev–Trinajstić information content (AvgIpc) is 2.43. The summed E-state index contributed by atoms with van der Waals surface area (Å²) in [7, 11) is 0. The minimum Gasteiger partial charge on any atom is -0.341 e. The molecule has 1 aromatic carbocycles. The van der Waals surface area contributed by atoms with E-state index in [0.717, 1.165) is 42.9 Å². The van der Waals surface area contributed by atoms with Gasteiger partial charge in [-0.3, -0.25) is 4.79 Å². The Labute approximate surface area is 130 Å². The molecule has 20 heavy (non-hydrogen) atoms. The van der Waals surface area contributed by atoms with E-state index in [2.05, 4.69) is 0 Å². The Morgan fingerprint density at radius 2 is 2.05 bits per heavy atom. The number of nitrogens with two attached hydrogens (primary N) is 1. The number of likely N-dealkylation sites (tertiary alicyclic amines) is 1. The fraction of sp³-hybridized carbons (Fsp3) is 0.533. The number of rotatable bonds is 3. The summed E-state index contributed by atoms with van der Waals surface area (Å²) in [5.41, 5.74) is 6.73. The summed E-state index contributed by atoms with van der Waals surface area (Å²) in [5.74, 6) is 0.590. The summed E-state index contributed by atoms with van der Waals surface area (Å²) >= 11 is 12.2. The molecule has 1 aromatic rings. The molecule has 0 bridgehead atoms. The number of carbonyl (C=O) groups is 1. The van der Waals surface area contributed by atoms with Crippen LogP contribution < -0.4 is 5.73 Å². The molecule has 1 aliphatic heterocycles. The molecule has 110 valence electrons. The van der Waals surface area contributed by atoms with Gasteiger partial charge in [-0.1, -0.05) is 23.2 Å². The Bertz CT molecular complexity index is 483. The Balaban J connectivity index is 1.91. The number of benzene rings is 1. The van der Waals surface area contributed by atoms with Gasteiger partial charge in [0.2, 0.25) is 5.91 Å². The minimum atomic E-state index is -0.408. The first-order valence-electron chi connectivity index (χ1n) is 6.95. The number of nitrogens with zero attached hydrogens (tertiary/aromatic N) is 1. The van der Waals surface area contributed by atoms with Gasteiger partial charge in [-0.15, -0.1) is 0 Å². The maximum atomic E-state index is 11.8. The summed E-state index contributed by atoms with van der Waals surface area (Å²) in [4.78, 5) is 13.7. The van der Waals surface area contributed by atoms with Gasteiger partial charge in [-0.05, 0) is 55.9 Å². The van der Waals surface area contributed by atoms with Crippen LogP contribution in [-0.2, 0) is 11.2 Å². The molecule has 0 aromatic heterocycles. The van der Waals surface area contributed by atoms with Crippen LogP contribution >= 0.6 is 23.2 Å². The van der Waals surface area contributed by atoms with Gasteiger partial charge in [0, 0.05) is 23.1 Å². The molecule has 2 rings (SSSR count). The summed E-state index contributed by atoms with van der Waals surface area (Å²) in [6, 6.07) is 5.17. The molecule has 1 aliphatic rings. The van der Waals surface area contributed by atoms with Crippen LogP contribution in [0.3, 0.4) is 0 Å². The first-order chi connectivity index (χ1) is 9.47. The number of hydrogen-bond acceptors (Lipinski definition) is 2. The quantitative estimate of drug-likeness (QED) is 0.931. The molecule has 2 N–H and O–H groups in total. The lowest BCUT2D eigenvalue weighted by Crippen LogP contribution is -2.46. The van der Waals surface area contributed by atoms with Crippen molar-refractivity contribution in [1.82, 2.24) is 4.90 Å². The fourth-order valence-electron chi connectivity index (χ4n) is 2.66. The van der Waals surface area contributed by atoms with Crippen molar-refractivity contribution in [2.75, 3.05) is 13.1 Å². The fourth-order valence-corrected chi connectivity index (χ4v) is 3.05. The first kappa shape index (κ1) is 15.6. The standard InChI is InChI=1S/C15H20Cl2N2O/c1-10(18)15(20)19-6-4-11(5-7-19)8-12-9-13(16)2-3-14(12)17/h2-3,9-11H,4-8,18H2,1H3/t10-/m1/s1. The van der Waals surface area contributed by atoms with Crippen LogP contribution in [0.2, 0.25) is 10.0 Å². The molecule has 1 amide bonds. The lowest BCUT2D eigenvalue weighted by Gasteiger charge is -2.33. The van der Waals surface area contributed by atoms with E-state index in [1.54, 1.807) is 13.0 Å². The molecule has 0 unspecified atom stereocenters. The van der Waals surface area contributed by atoms with Gasteiger partial charge >= 0.3 is 0 Å². The van der Waals surface area contributed by atoms with Gasteiger partial charge in [0.1, 0.15) is 0 Å². The van der Waals surface area contributed by atoms with Crippen LogP contribution in [0.4, 0.5) is 0 Å². The van der Waals surface area contributed by atoms with Crippen molar-refractivity contribution in [2.24, 2.45) is 11.7 Å². The summed E-state index contributed by atoms with van der Waals surface area (Å²) in [5, 5.41) is 1.48. The second-order valence-electron chi connectivity index (χ2n) is 5.50. The molecular formula is C15H20Cl2N2O. The van der Waals surface area contributed by atoms with Gasteiger partial charge in [0.05, 0.1) is 6.04 Å². The molecule has 1 atom stereocenters. The van der Waals surface area contributed by atoms with Gasteiger partial charge in [-0.2, -0.15) is 0 Å². The second-order valence-corrected chi connectivity index (χ2v) is 6.34. The highest BCUT2D eigenvalue weighted by atomic mass is 35.5. The molecule has 0 aliphatic carbocycles. The zero-order valence-electron chi connectivity index (χ0n) is 11.6. The van der Waals surface area contributed by atoms with Gasteiger partial charge in [0.15, 0.2) is 0 Å². The molecule has 3 nitrogen and oxygen atoms in total. The first-order valence-corrected chi connectivity index (χ1v) is 7.71. The number of halogens is 2. The number of hydrogen-bond donors (Lipinski definition) is 1. The lowest BCUT2D eigenvalue weighted by atomic mass is 9.90. The second kappa shape index (κ2) is 6.79. The maximum absolute atomic E-state index is 11.8. The Kier molecular flexibility index (Phi) is 5.30. The summed E-state index contributed by atoms with van der Waals surface area (Å²) in [6.07, 6.45) is 2.89. The zero-order valence-corrected chi connectivity index (χ0v) is 13.1. The predicted octanol–water partition coefficient (Wildman–Crippen LogP) is 3.12. The normalized spacial score (nSPS) is 18.1. The van der Waals surface area contributed by atoms with Gasteiger partial charge in [-0.25, -0.2) is 0 Å². The molecule has 1 heterocycles. The summed E-state index contributed by atoms with van der Waals surface area (Å²) < 4.78 is 0. The third kappa shape index (κ3) is 3.87. The smallest absolute Gasteiger partial charge is 0.239 e. The lowest BCUT2D eigenvalue weighted by molar-refractivity contribution is -0.133. The minimum absolute atomic E-state index is 0.0456. The van der Waals surface area contributed by atoms with E-state index in [0.29, 0.717) is 10.9 Å². The molecule has 0 saturated carbocycles. The highest BCUT2D eigenvalue weighted by Crippen LogP contribution is 2.27. The Hall–Kier alpha value is -0.770. The monoisotopic (exact) mass is 314 g/mol. The summed E-state index contributed by atoms with van der Waals surface area (Å²) in [6.45, 7) is 3.30. The van der Waals surface area contributed by atoms with E-state index in [9.17, 15) is 4.79 Å². The highest BCUT2D eigenvalue weighted by molar-refractivity contribution is 6.33. The largest absolute Gasteiger partial charge is 0.341 e. The van der Waals surface area contributed by atoms with E-state index in [1.807, 2.05) is 17.0 Å². The number of carbonyl (C=O) groups excluding carboxylic acids is 1. The van der Waals surface area contributed by atoms with Crippen molar-refractivity contribution in [3.8, 4) is 0 Å². The third-order valence-corrected chi connectivity index (χ3v) is 4.44. The van der Waals surface area contributed by atoms with E-state index < -0.39 is 6.04 Å². The van der Waals surface area contributed by atoms with E-state index in [1.165, 1.54) is 0 Å². The molecule has 0 radical (unpaired) electrons. The van der Waals surface area contributed by atoms with Gasteiger partial charge < -0.3 is 10.6 Å². The number of piperidine rings is 1. The van der Waals surface area contributed by atoms with E-state index in [-0.39, 0.29) is 5.91 Å². The van der Waals surface area contributed by atoms with Crippen LogP contribution in [0.15, 0.2) is 18.2 Å². The van der Waals surface area contributed by atoms with Crippen molar-refractivity contribution in [1.29, 1.82) is 0 Å². The molecule has 5 heteroatoms. The van der Waals surface area contributed by atoms with Crippen molar-refractivity contribution in [2.45, 2.75) is 32.2 Å². The zero-order chi connectivity index (χ0) is 14.7. The molecule has 1 fully saturated rings. The van der Waals surface area contributed by atoms with E-state index >= 15 is 0 Å². The van der Waals surface area contributed by atoms with Crippen LogP contribution in [0.25, 0.3) is 0 Å². The Morgan fingerprint density at radius 3 is 2.65 bits per heavy atom. The third-order valence-electron chi connectivity index (χ3n) is 3.83. The Morgan fingerprint density at radius 1 is 1.40 bits per heavy atom. The van der Waals surface area contributed by atoms with Gasteiger partial charge in [0.25, 0.3) is 0 Å². The molecule has 0 spiro atoms. The SMILES string of the molecule is C[C@@H](N)C(=O)N1CCC(Cc2cc(Cl)ccc2Cl)CC1. The molecular weight excluding hydrogens is 295 g/mol. The van der Waals surface area contributed by atoms with Crippen LogP contribution in [0.1, 0.15) is 25.3 Å². The number of amides is 1. The van der Waals surface area contributed by atoms with Crippen molar-refractivity contribution in [3.05, 3.63) is 33.8 Å². The predicted molar refractivity (Wildman–Crippen MR) is 83.1 cm³/mol.